The SMILES string of the molecule is COC(=O)c1c(-c2cccs2)c(C(=O)OC)c2cc(C(C)=N)c(N)n2c1C. The van der Waals surface area contributed by atoms with Gasteiger partial charge in [0.1, 0.15) is 5.82 Å². The number of methoxy groups -OCH3 is 2. The third-order valence-corrected chi connectivity index (χ3v) is 5.33. The lowest BCUT2D eigenvalue weighted by atomic mass is 9.97. The van der Waals surface area contributed by atoms with Gasteiger partial charge in [0.15, 0.2) is 0 Å². The van der Waals surface area contributed by atoms with Gasteiger partial charge in [0.25, 0.3) is 0 Å². The van der Waals surface area contributed by atoms with E-state index in [4.69, 9.17) is 20.6 Å². The minimum Gasteiger partial charge on any atom is -0.465 e. The maximum absolute atomic E-state index is 12.7. The fourth-order valence-electron chi connectivity index (χ4n) is 3.24. The van der Waals surface area contributed by atoms with Crippen molar-refractivity contribution in [1.29, 1.82) is 5.41 Å². The summed E-state index contributed by atoms with van der Waals surface area (Å²) in [6.07, 6.45) is 0. The van der Waals surface area contributed by atoms with Crippen LogP contribution in [0.3, 0.4) is 0 Å². The summed E-state index contributed by atoms with van der Waals surface area (Å²) in [7, 11) is 2.57. The second-order valence-electron chi connectivity index (χ2n) is 5.96. The number of nitrogens with one attached hydrogen (secondary N) is 1. The van der Waals surface area contributed by atoms with Crippen LogP contribution in [-0.2, 0) is 9.47 Å². The van der Waals surface area contributed by atoms with E-state index >= 15 is 0 Å². The molecular formula is C19H19N3O4S. The first kappa shape index (κ1) is 18.7. The number of aryl methyl sites for hydroxylation is 1. The number of esters is 2. The van der Waals surface area contributed by atoms with Crippen molar-refractivity contribution in [2.24, 2.45) is 0 Å². The molecule has 0 aliphatic heterocycles. The first-order chi connectivity index (χ1) is 12.8. The molecule has 0 spiro atoms. The van der Waals surface area contributed by atoms with E-state index < -0.39 is 11.9 Å². The van der Waals surface area contributed by atoms with Crippen LogP contribution in [0.4, 0.5) is 5.82 Å². The van der Waals surface area contributed by atoms with Crippen LogP contribution in [0, 0.1) is 12.3 Å². The maximum atomic E-state index is 12.7. The molecule has 140 valence electrons. The van der Waals surface area contributed by atoms with Crippen molar-refractivity contribution < 1.29 is 19.1 Å². The van der Waals surface area contributed by atoms with Gasteiger partial charge in [0.2, 0.25) is 0 Å². The lowest BCUT2D eigenvalue weighted by Gasteiger charge is -2.18. The normalized spacial score (nSPS) is 10.8. The second kappa shape index (κ2) is 6.88. The number of ether oxygens (including phenoxy) is 2. The molecule has 0 amide bonds. The Morgan fingerprint density at radius 3 is 2.33 bits per heavy atom. The zero-order valence-electron chi connectivity index (χ0n) is 15.4. The molecule has 27 heavy (non-hydrogen) atoms. The Labute approximate surface area is 159 Å². The molecule has 0 radical (unpaired) electrons. The number of thiophene rings is 1. The molecule has 0 aliphatic carbocycles. The van der Waals surface area contributed by atoms with Crippen molar-refractivity contribution in [2.45, 2.75) is 13.8 Å². The van der Waals surface area contributed by atoms with Crippen LogP contribution in [-0.4, -0.2) is 36.3 Å². The molecule has 8 heteroatoms. The number of nitrogen functional groups attached to an aromatic ring is 1. The van der Waals surface area contributed by atoms with Crippen LogP contribution in [0.1, 0.15) is 38.9 Å². The summed E-state index contributed by atoms with van der Waals surface area (Å²) < 4.78 is 11.6. The van der Waals surface area contributed by atoms with Crippen molar-refractivity contribution in [1.82, 2.24) is 4.40 Å². The van der Waals surface area contributed by atoms with Crippen LogP contribution in [0.25, 0.3) is 16.0 Å². The summed E-state index contributed by atoms with van der Waals surface area (Å²) in [5.41, 5.74) is 8.90. The summed E-state index contributed by atoms with van der Waals surface area (Å²) in [6, 6.07) is 5.33. The van der Waals surface area contributed by atoms with Gasteiger partial charge in [-0.05, 0) is 31.4 Å². The maximum Gasteiger partial charge on any atom is 0.340 e. The molecule has 0 saturated carbocycles. The van der Waals surface area contributed by atoms with Crippen molar-refractivity contribution in [3.05, 3.63) is 46.0 Å². The van der Waals surface area contributed by atoms with Gasteiger partial charge in [0.05, 0.1) is 30.9 Å². The number of hydrogen-bond acceptors (Lipinski definition) is 7. The van der Waals surface area contributed by atoms with Gasteiger partial charge in [-0.1, -0.05) is 6.07 Å². The summed E-state index contributed by atoms with van der Waals surface area (Å²) in [4.78, 5) is 26.1. The molecule has 0 bridgehead atoms. The monoisotopic (exact) mass is 385 g/mol. The van der Waals surface area contributed by atoms with Crippen molar-refractivity contribution in [3.63, 3.8) is 0 Å². The number of carbonyl (C=O) groups is 2. The molecular weight excluding hydrogens is 366 g/mol. The molecule has 0 fully saturated rings. The Morgan fingerprint density at radius 2 is 1.81 bits per heavy atom. The number of anilines is 1. The van der Waals surface area contributed by atoms with Gasteiger partial charge in [-0.2, -0.15) is 0 Å². The van der Waals surface area contributed by atoms with Gasteiger partial charge >= 0.3 is 11.9 Å². The lowest BCUT2D eigenvalue weighted by molar-refractivity contribution is 0.0600. The quantitative estimate of drug-likeness (QED) is 0.528. The molecule has 3 aromatic rings. The van der Waals surface area contributed by atoms with Gasteiger partial charge in [-0.3, -0.25) is 4.40 Å². The van der Waals surface area contributed by atoms with E-state index in [-0.39, 0.29) is 22.7 Å². The molecule has 0 unspecified atom stereocenters. The summed E-state index contributed by atoms with van der Waals surface area (Å²) in [5, 5.41) is 9.83. The zero-order valence-corrected chi connectivity index (χ0v) is 16.2. The molecule has 3 aromatic heterocycles. The average molecular weight is 385 g/mol. The fraction of sp³-hybridized carbons (Fsp3) is 0.211. The number of pyridine rings is 1. The highest BCUT2D eigenvalue weighted by molar-refractivity contribution is 7.13. The van der Waals surface area contributed by atoms with E-state index in [0.29, 0.717) is 22.3 Å². The number of aromatic nitrogens is 1. The van der Waals surface area contributed by atoms with E-state index in [2.05, 4.69) is 0 Å². The minimum atomic E-state index is -0.597. The van der Waals surface area contributed by atoms with E-state index in [1.807, 2.05) is 17.5 Å². The highest BCUT2D eigenvalue weighted by Crippen LogP contribution is 2.39. The highest BCUT2D eigenvalue weighted by atomic mass is 32.1. The molecule has 0 saturated heterocycles. The largest absolute Gasteiger partial charge is 0.465 e. The topological polar surface area (TPSA) is 107 Å². The van der Waals surface area contributed by atoms with Crippen molar-refractivity contribution in [3.8, 4) is 10.4 Å². The van der Waals surface area contributed by atoms with Gasteiger partial charge in [-0.25, -0.2) is 9.59 Å². The van der Waals surface area contributed by atoms with E-state index in [9.17, 15) is 9.59 Å². The molecule has 0 atom stereocenters. The summed E-state index contributed by atoms with van der Waals surface area (Å²) in [5.74, 6) is -0.896. The molecule has 0 aliphatic rings. The number of nitrogens with two attached hydrogens (primary N) is 1. The zero-order chi connectivity index (χ0) is 19.9. The highest BCUT2D eigenvalue weighted by Gasteiger charge is 2.30. The van der Waals surface area contributed by atoms with Crippen molar-refractivity contribution >= 4 is 40.3 Å². The Morgan fingerprint density at radius 1 is 1.19 bits per heavy atom. The van der Waals surface area contributed by atoms with E-state index in [0.717, 1.165) is 4.88 Å². The molecule has 3 rings (SSSR count). The third-order valence-electron chi connectivity index (χ3n) is 4.44. The summed E-state index contributed by atoms with van der Waals surface area (Å²) >= 11 is 1.40. The molecule has 3 N–H and O–H groups in total. The Bertz CT molecular complexity index is 1080. The number of fused-ring (bicyclic) bond motifs is 1. The van der Waals surface area contributed by atoms with Gasteiger partial charge in [0, 0.05) is 27.4 Å². The Kier molecular flexibility index (Phi) is 4.75. The van der Waals surface area contributed by atoms with Crippen LogP contribution in [0.15, 0.2) is 23.6 Å². The van der Waals surface area contributed by atoms with E-state index in [1.54, 1.807) is 24.3 Å². The first-order valence-corrected chi connectivity index (χ1v) is 8.94. The summed E-state index contributed by atoms with van der Waals surface area (Å²) in [6.45, 7) is 3.34. The fourth-order valence-corrected chi connectivity index (χ4v) is 4.03. The number of nitrogens with zero attached hydrogens (tertiary/aromatic N) is 1. The van der Waals surface area contributed by atoms with Crippen LogP contribution in [0.5, 0.6) is 0 Å². The van der Waals surface area contributed by atoms with Crippen molar-refractivity contribution in [2.75, 3.05) is 20.0 Å². The van der Waals surface area contributed by atoms with Crippen LogP contribution < -0.4 is 5.73 Å². The Balaban J connectivity index is 2.62. The first-order valence-electron chi connectivity index (χ1n) is 8.07. The van der Waals surface area contributed by atoms with Gasteiger partial charge in [-0.15, -0.1) is 11.3 Å². The predicted molar refractivity (Wildman–Crippen MR) is 105 cm³/mol. The molecule has 0 aromatic carbocycles. The number of hydrogen-bond donors (Lipinski definition) is 2. The minimum absolute atomic E-state index is 0.213. The third kappa shape index (κ3) is 2.78. The Hall–Kier alpha value is -3.13. The average Bonchev–Trinajstić information content (AvgIpc) is 3.28. The number of carbonyl (C=O) groups excluding carboxylic acids is 2. The predicted octanol–water partition coefficient (Wildman–Crippen LogP) is 3.52. The molecule has 7 nitrogen and oxygen atoms in total. The van der Waals surface area contributed by atoms with E-state index in [1.165, 1.54) is 25.6 Å². The molecule has 3 heterocycles. The lowest BCUT2D eigenvalue weighted by Crippen LogP contribution is -2.16. The van der Waals surface area contributed by atoms with Crippen LogP contribution in [0.2, 0.25) is 0 Å². The smallest absolute Gasteiger partial charge is 0.340 e. The van der Waals surface area contributed by atoms with Gasteiger partial charge < -0.3 is 20.6 Å². The number of rotatable bonds is 4. The standard InChI is InChI=1S/C19H19N3O4S/c1-9(20)11-8-12-15(19(24)26-4)16(13-6-5-7-27-13)14(18(23)25-3)10(2)22(12)17(11)21/h5-8,20H,21H2,1-4H3. The second-order valence-corrected chi connectivity index (χ2v) is 6.91. The van der Waals surface area contributed by atoms with Crippen LogP contribution >= 0.6 is 11.3 Å².